The first-order valence-electron chi connectivity index (χ1n) is 13.2. The number of alkyl halides is 6. The zero-order chi connectivity index (χ0) is 31.2. The van der Waals surface area contributed by atoms with Gasteiger partial charge in [0.05, 0.1) is 0 Å². The topological polar surface area (TPSA) is 100 Å². The van der Waals surface area contributed by atoms with Crippen LogP contribution < -0.4 is 5.32 Å². The molecule has 2 saturated carbocycles. The Morgan fingerprint density at radius 1 is 0.905 bits per heavy atom. The summed E-state index contributed by atoms with van der Waals surface area (Å²) in [6.45, 7) is 2.12. The maximum atomic E-state index is 15.0. The summed E-state index contributed by atoms with van der Waals surface area (Å²) in [6, 6.07) is -1.71. The molecule has 2 fully saturated rings. The van der Waals surface area contributed by atoms with Crippen LogP contribution in [0.15, 0.2) is 70.5 Å². The average Bonchev–Trinajstić information content (AvgIpc) is 3.39. The quantitative estimate of drug-likeness (QED) is 0.271. The van der Waals surface area contributed by atoms with Crippen molar-refractivity contribution in [2.45, 2.75) is 70.4 Å². The van der Waals surface area contributed by atoms with Gasteiger partial charge in [-0.2, -0.15) is 26.3 Å². The second-order valence-corrected chi connectivity index (χ2v) is 10.6. The number of fused-ring (bicyclic) bond motifs is 1. The van der Waals surface area contributed by atoms with Gasteiger partial charge in [0.15, 0.2) is 17.5 Å². The summed E-state index contributed by atoms with van der Waals surface area (Å²) in [4.78, 5) is 64.0. The second kappa shape index (κ2) is 11.1. The molecule has 0 spiro atoms. The predicted molar refractivity (Wildman–Crippen MR) is 136 cm³/mol. The van der Waals surface area contributed by atoms with E-state index in [2.05, 4.69) is 5.32 Å². The molecule has 4 rings (SSSR count). The molecule has 4 aliphatic rings. The Kier molecular flexibility index (Phi) is 8.18. The van der Waals surface area contributed by atoms with Crippen LogP contribution in [0.25, 0.3) is 0 Å². The van der Waals surface area contributed by atoms with E-state index >= 15 is 0 Å². The maximum Gasteiger partial charge on any atom is 0.411 e. The molecule has 42 heavy (non-hydrogen) atoms. The summed E-state index contributed by atoms with van der Waals surface area (Å²) in [7, 11) is 0. The number of nitroso groups, excluding NO2 is 1. The highest BCUT2D eigenvalue weighted by molar-refractivity contribution is 6.37. The van der Waals surface area contributed by atoms with Crippen LogP contribution in [0.2, 0.25) is 0 Å². The first-order chi connectivity index (χ1) is 19.5. The maximum absolute atomic E-state index is 15.0. The van der Waals surface area contributed by atoms with E-state index in [4.69, 9.17) is 0 Å². The molecule has 2 atom stereocenters. The summed E-state index contributed by atoms with van der Waals surface area (Å²) < 4.78 is 89.8. The molecular weight excluding hydrogens is 570 g/mol. The van der Waals surface area contributed by atoms with Crippen LogP contribution >= 0.6 is 0 Å². The largest absolute Gasteiger partial charge is 0.411 e. The number of hydrogen-bond donors (Lipinski definition) is 1. The monoisotopic (exact) mass is 597 g/mol. The molecule has 7 nitrogen and oxygen atoms in total. The van der Waals surface area contributed by atoms with Gasteiger partial charge < -0.3 is 5.32 Å². The van der Waals surface area contributed by atoms with E-state index in [-0.39, 0.29) is 10.8 Å². The Hall–Kier alpha value is -3.90. The summed E-state index contributed by atoms with van der Waals surface area (Å²) in [5.74, 6) is -5.93. The van der Waals surface area contributed by atoms with Gasteiger partial charge in [-0.25, -0.2) is 0 Å². The van der Waals surface area contributed by atoms with Crippen LogP contribution in [0, 0.1) is 16.2 Å². The SMILES string of the molecule is C\C1=C/C(C(C2=CCC=C3C(=O)C(C(=O)NC4CCCC4)C(=O)C3=C2)(C(F)(F)F)C(F)(F)F)=C\C=C\C(=O)C(C)[N+]1=O. The van der Waals surface area contributed by atoms with E-state index < -0.39 is 87.4 Å². The third kappa shape index (κ3) is 5.13. The van der Waals surface area contributed by atoms with Crippen LogP contribution in [0.5, 0.6) is 0 Å². The van der Waals surface area contributed by atoms with E-state index in [0.717, 1.165) is 32.8 Å². The van der Waals surface area contributed by atoms with Gasteiger partial charge in [0.25, 0.3) is 6.04 Å². The molecule has 0 aromatic rings. The molecule has 0 aromatic carbocycles. The lowest BCUT2D eigenvalue weighted by atomic mass is 9.70. The predicted octanol–water partition coefficient (Wildman–Crippen LogP) is 5.24. The van der Waals surface area contributed by atoms with Gasteiger partial charge in [-0.3, -0.25) is 19.2 Å². The number of rotatable bonds is 4. The lowest BCUT2D eigenvalue weighted by molar-refractivity contribution is -0.520. The summed E-state index contributed by atoms with van der Waals surface area (Å²) in [6.07, 6.45) is -5.65. The fourth-order valence-corrected chi connectivity index (χ4v) is 5.79. The van der Waals surface area contributed by atoms with Crippen molar-refractivity contribution in [2.24, 2.45) is 11.3 Å². The van der Waals surface area contributed by atoms with Crippen molar-refractivity contribution in [3.8, 4) is 0 Å². The second-order valence-electron chi connectivity index (χ2n) is 10.6. The fraction of sp³-hybridized carbons (Fsp3) is 0.448. The Labute approximate surface area is 236 Å². The van der Waals surface area contributed by atoms with E-state index in [0.29, 0.717) is 49.3 Å². The molecule has 1 heterocycles. The highest BCUT2D eigenvalue weighted by Gasteiger charge is 2.74. The summed E-state index contributed by atoms with van der Waals surface area (Å²) >= 11 is 0. The summed E-state index contributed by atoms with van der Waals surface area (Å²) in [5.41, 5.74) is -9.40. The van der Waals surface area contributed by atoms with Crippen molar-refractivity contribution >= 4 is 23.3 Å². The van der Waals surface area contributed by atoms with Gasteiger partial charge >= 0.3 is 12.4 Å². The van der Waals surface area contributed by atoms with Crippen molar-refractivity contribution in [1.82, 2.24) is 5.32 Å². The molecule has 1 aliphatic heterocycles. The molecule has 0 radical (unpaired) electrons. The third-order valence-electron chi connectivity index (χ3n) is 8.00. The number of allylic oxidation sites excluding steroid dienone is 11. The third-order valence-corrected chi connectivity index (χ3v) is 8.00. The van der Waals surface area contributed by atoms with Gasteiger partial charge in [0.2, 0.25) is 22.8 Å². The number of halogens is 6. The van der Waals surface area contributed by atoms with E-state index in [1.54, 1.807) is 0 Å². The minimum absolute atomic E-state index is 0.00958. The van der Waals surface area contributed by atoms with Crippen molar-refractivity contribution in [3.63, 3.8) is 0 Å². The average molecular weight is 598 g/mol. The standard InChI is InChI=1S/C29H26F6N2O5/c1-15-13-17(8-6-12-22(38)16(2)37(15)42)27(28(30,31)32,29(33,34)35)18-7-5-11-20-21(14-18)25(40)23(24(20)39)26(41)36-19-9-3-4-10-19/h6-8,11-14,16,19,23H,3-5,9-10H2,1-2H3/p+1/b12-6+,15-13+,17-8+. The molecule has 0 bridgehead atoms. The number of carbonyl (C=O) groups is 4. The van der Waals surface area contributed by atoms with Crippen LogP contribution in [-0.4, -0.2) is 52.5 Å². The van der Waals surface area contributed by atoms with Gasteiger partial charge in [-0.1, -0.05) is 37.1 Å². The van der Waals surface area contributed by atoms with E-state index in [9.17, 15) is 50.4 Å². The Morgan fingerprint density at radius 3 is 2.10 bits per heavy atom. The van der Waals surface area contributed by atoms with Crippen LogP contribution in [0.1, 0.15) is 46.0 Å². The van der Waals surface area contributed by atoms with Gasteiger partial charge in [0, 0.05) is 46.8 Å². The smallest absolute Gasteiger partial charge is 0.352 e. The number of nitrogens with one attached hydrogen (secondary N) is 1. The lowest BCUT2D eigenvalue weighted by Crippen LogP contribution is -2.52. The molecule has 0 saturated heterocycles. The number of Topliss-reactive ketones (excluding diaryl/α,β-unsaturated/α-hetero) is 2. The van der Waals surface area contributed by atoms with Crippen molar-refractivity contribution < 1.29 is 50.3 Å². The highest BCUT2D eigenvalue weighted by atomic mass is 19.4. The molecule has 13 heteroatoms. The van der Waals surface area contributed by atoms with Crippen LogP contribution in [0.3, 0.4) is 0 Å². The molecule has 3 aliphatic carbocycles. The van der Waals surface area contributed by atoms with E-state index in [1.165, 1.54) is 0 Å². The number of nitrogens with zero attached hydrogens (tertiary/aromatic N) is 1. The molecule has 224 valence electrons. The molecule has 1 N–H and O–H groups in total. The van der Waals surface area contributed by atoms with Crippen molar-refractivity contribution in [2.75, 3.05) is 0 Å². The molecule has 0 aromatic heterocycles. The molecule has 1 amide bonds. The Bertz CT molecular complexity index is 1420. The zero-order valence-electron chi connectivity index (χ0n) is 22.6. The number of hydrogen-bond acceptors (Lipinski definition) is 5. The first-order valence-corrected chi connectivity index (χ1v) is 13.2. The minimum atomic E-state index is -6.09. The van der Waals surface area contributed by atoms with Gasteiger partial charge in [-0.15, -0.1) is 0 Å². The Morgan fingerprint density at radius 2 is 1.50 bits per heavy atom. The van der Waals surface area contributed by atoms with Crippen molar-refractivity contribution in [3.05, 3.63) is 75.4 Å². The minimum Gasteiger partial charge on any atom is -0.352 e. The number of carbonyl (C=O) groups excluding carboxylic acids is 4. The van der Waals surface area contributed by atoms with Gasteiger partial charge in [0.1, 0.15) is 0 Å². The summed E-state index contributed by atoms with van der Waals surface area (Å²) in [5, 5.41) is 2.59. The first kappa shape index (κ1) is 31.0. The number of ketones is 3. The molecule has 2 unspecified atom stereocenters. The molecular formula is C29H27F6N2O5+. The zero-order valence-corrected chi connectivity index (χ0v) is 22.6. The lowest BCUT2D eigenvalue weighted by Gasteiger charge is -2.39. The Balaban J connectivity index is 1.90. The fourth-order valence-electron chi connectivity index (χ4n) is 5.79. The van der Waals surface area contributed by atoms with Crippen LogP contribution in [-0.2, 0) is 19.2 Å². The van der Waals surface area contributed by atoms with Gasteiger partial charge in [-0.05, 0) is 42.6 Å². The highest BCUT2D eigenvalue weighted by Crippen LogP contribution is 2.61. The number of amides is 1. The van der Waals surface area contributed by atoms with E-state index in [1.807, 2.05) is 0 Å². The van der Waals surface area contributed by atoms with Crippen molar-refractivity contribution in [1.29, 1.82) is 0 Å². The van der Waals surface area contributed by atoms with Crippen LogP contribution in [0.4, 0.5) is 26.3 Å². The normalized spacial score (nSPS) is 27.8.